The van der Waals surface area contributed by atoms with Crippen LogP contribution in [0.4, 0.5) is 0 Å². The minimum atomic E-state index is -0.515. The highest BCUT2D eigenvalue weighted by atomic mass is 35.5. The van der Waals surface area contributed by atoms with Crippen molar-refractivity contribution in [1.29, 1.82) is 0 Å². The third-order valence-corrected chi connectivity index (χ3v) is 3.63. The Balaban J connectivity index is 2.22. The number of benzene rings is 1. The summed E-state index contributed by atoms with van der Waals surface area (Å²) in [5.74, 6) is -0.109. The average Bonchev–Trinajstić information content (AvgIpc) is 2.77. The molecule has 1 aliphatic rings. The van der Waals surface area contributed by atoms with Gasteiger partial charge in [-0.1, -0.05) is 17.7 Å². The van der Waals surface area contributed by atoms with E-state index < -0.39 is 6.10 Å². The largest absolute Gasteiger partial charge is 0.390 e. The number of aliphatic hydroxyl groups is 1. The number of aryl methyl sites for hydroxylation is 1. The second kappa shape index (κ2) is 5.26. The molecule has 5 heteroatoms. The van der Waals surface area contributed by atoms with Crippen molar-refractivity contribution in [3.05, 3.63) is 34.3 Å². The minimum Gasteiger partial charge on any atom is -0.390 e. The summed E-state index contributed by atoms with van der Waals surface area (Å²) in [5, 5.41) is 13.4. The van der Waals surface area contributed by atoms with Gasteiger partial charge in [-0.3, -0.25) is 4.79 Å². The molecule has 0 radical (unpaired) electrons. The number of amides is 1. The third kappa shape index (κ3) is 2.51. The molecule has 98 valence electrons. The lowest BCUT2D eigenvalue weighted by atomic mass is 10.1. The Morgan fingerprint density at radius 2 is 2.22 bits per heavy atom. The van der Waals surface area contributed by atoms with Crippen LogP contribution in [0.25, 0.3) is 0 Å². The summed E-state index contributed by atoms with van der Waals surface area (Å²) in [4.78, 5) is 14.0. The summed E-state index contributed by atoms with van der Waals surface area (Å²) in [5.41, 5.74) is 1.47. The molecule has 4 nitrogen and oxygen atoms in total. The van der Waals surface area contributed by atoms with E-state index >= 15 is 0 Å². The molecule has 1 saturated heterocycles. The Bertz CT molecular complexity index is 464. The molecule has 0 aromatic heterocycles. The van der Waals surface area contributed by atoms with Crippen LogP contribution in [-0.2, 0) is 0 Å². The Labute approximate surface area is 112 Å². The van der Waals surface area contributed by atoms with Crippen LogP contribution in [0.3, 0.4) is 0 Å². The van der Waals surface area contributed by atoms with Crippen molar-refractivity contribution in [1.82, 2.24) is 10.2 Å². The van der Waals surface area contributed by atoms with E-state index in [4.69, 9.17) is 11.6 Å². The summed E-state index contributed by atoms with van der Waals surface area (Å²) < 4.78 is 0. The molecule has 0 aliphatic carbocycles. The maximum Gasteiger partial charge on any atom is 0.254 e. The topological polar surface area (TPSA) is 52.6 Å². The van der Waals surface area contributed by atoms with E-state index in [-0.39, 0.29) is 11.9 Å². The van der Waals surface area contributed by atoms with Gasteiger partial charge in [0.2, 0.25) is 0 Å². The van der Waals surface area contributed by atoms with Gasteiger partial charge in [0.05, 0.1) is 12.1 Å². The van der Waals surface area contributed by atoms with Crippen molar-refractivity contribution < 1.29 is 9.90 Å². The molecular weight excluding hydrogens is 252 g/mol. The van der Waals surface area contributed by atoms with Crippen molar-refractivity contribution >= 4 is 17.5 Å². The molecular formula is C13H17ClN2O2. The van der Waals surface area contributed by atoms with Crippen molar-refractivity contribution in [3.8, 4) is 0 Å². The molecule has 0 bridgehead atoms. The maximum absolute atomic E-state index is 12.4. The van der Waals surface area contributed by atoms with Crippen LogP contribution < -0.4 is 5.32 Å². The number of rotatable bonds is 2. The summed E-state index contributed by atoms with van der Waals surface area (Å²) >= 11 is 5.92. The number of likely N-dealkylation sites (N-methyl/N-ethyl adjacent to an activating group) is 1. The van der Waals surface area contributed by atoms with E-state index in [9.17, 15) is 9.90 Å². The van der Waals surface area contributed by atoms with Gasteiger partial charge in [-0.25, -0.2) is 0 Å². The van der Waals surface area contributed by atoms with Crippen LogP contribution in [0.15, 0.2) is 18.2 Å². The predicted octanol–water partition coefficient (Wildman–Crippen LogP) is 1.05. The number of carbonyl (C=O) groups is 1. The molecule has 1 fully saturated rings. The van der Waals surface area contributed by atoms with Crippen molar-refractivity contribution in [2.45, 2.75) is 19.1 Å². The van der Waals surface area contributed by atoms with E-state index in [1.165, 1.54) is 0 Å². The maximum atomic E-state index is 12.4. The number of nitrogens with zero attached hydrogens (tertiary/aromatic N) is 1. The molecule has 2 N–H and O–H groups in total. The van der Waals surface area contributed by atoms with E-state index in [1.54, 1.807) is 24.1 Å². The smallest absolute Gasteiger partial charge is 0.254 e. The van der Waals surface area contributed by atoms with Crippen LogP contribution >= 0.6 is 11.6 Å². The number of hydrogen-bond donors (Lipinski definition) is 2. The zero-order chi connectivity index (χ0) is 13.3. The molecule has 1 amide bonds. The number of halogens is 1. The lowest BCUT2D eigenvalue weighted by molar-refractivity contribution is 0.0580. The highest BCUT2D eigenvalue weighted by Crippen LogP contribution is 2.19. The van der Waals surface area contributed by atoms with Gasteiger partial charge >= 0.3 is 0 Å². The van der Waals surface area contributed by atoms with Crippen LogP contribution in [0, 0.1) is 6.92 Å². The molecule has 0 spiro atoms. The van der Waals surface area contributed by atoms with Gasteiger partial charge < -0.3 is 15.3 Å². The first-order valence-electron chi connectivity index (χ1n) is 5.93. The normalized spacial score (nSPS) is 23.1. The Kier molecular flexibility index (Phi) is 3.90. The second-order valence-electron chi connectivity index (χ2n) is 4.67. The van der Waals surface area contributed by atoms with Crippen molar-refractivity contribution in [2.24, 2.45) is 0 Å². The first-order valence-corrected chi connectivity index (χ1v) is 6.30. The van der Waals surface area contributed by atoms with Gasteiger partial charge in [0.1, 0.15) is 0 Å². The van der Waals surface area contributed by atoms with Crippen LogP contribution in [0.5, 0.6) is 0 Å². The predicted molar refractivity (Wildman–Crippen MR) is 70.9 cm³/mol. The van der Waals surface area contributed by atoms with Crippen molar-refractivity contribution in [3.63, 3.8) is 0 Å². The van der Waals surface area contributed by atoms with E-state index in [2.05, 4.69) is 5.32 Å². The third-order valence-electron chi connectivity index (χ3n) is 3.40. The highest BCUT2D eigenvalue weighted by molar-refractivity contribution is 6.31. The molecule has 1 aromatic rings. The molecule has 0 saturated carbocycles. The molecule has 2 atom stereocenters. The zero-order valence-electron chi connectivity index (χ0n) is 10.5. The fourth-order valence-electron chi connectivity index (χ4n) is 2.21. The fourth-order valence-corrected chi connectivity index (χ4v) is 2.38. The number of carbonyl (C=O) groups excluding carboxylic acids is 1. The van der Waals surface area contributed by atoms with Gasteiger partial charge in [-0.05, 0) is 24.6 Å². The Morgan fingerprint density at radius 3 is 2.83 bits per heavy atom. The number of aliphatic hydroxyl groups excluding tert-OH is 1. The molecule has 1 heterocycles. The van der Waals surface area contributed by atoms with Gasteiger partial charge in [0.15, 0.2) is 0 Å². The van der Waals surface area contributed by atoms with Gasteiger partial charge in [0, 0.05) is 30.7 Å². The number of β-amino-alcohol motifs (C(OH)–C–C–N with tert-alkyl or cyclic N) is 1. The SMILES string of the molecule is Cc1ccc(Cl)cc1C(=O)N(C)[C@H]1CNC[C@@H]1O. The van der Waals surface area contributed by atoms with Crippen molar-refractivity contribution in [2.75, 3.05) is 20.1 Å². The fraction of sp³-hybridized carbons (Fsp3) is 0.462. The highest BCUT2D eigenvalue weighted by Gasteiger charge is 2.31. The summed E-state index contributed by atoms with van der Waals surface area (Å²) in [6.07, 6.45) is -0.515. The van der Waals surface area contributed by atoms with Crippen LogP contribution in [-0.4, -0.2) is 48.2 Å². The summed E-state index contributed by atoms with van der Waals surface area (Å²) in [6, 6.07) is 5.08. The first kappa shape index (κ1) is 13.3. The first-order chi connectivity index (χ1) is 8.50. The quantitative estimate of drug-likeness (QED) is 0.843. The Morgan fingerprint density at radius 1 is 1.50 bits per heavy atom. The summed E-state index contributed by atoms with van der Waals surface area (Å²) in [6.45, 7) is 3.01. The van der Waals surface area contributed by atoms with Crippen LogP contribution in [0.2, 0.25) is 5.02 Å². The lowest BCUT2D eigenvalue weighted by Gasteiger charge is -2.27. The Hall–Kier alpha value is -1.10. The monoisotopic (exact) mass is 268 g/mol. The number of hydrogen-bond acceptors (Lipinski definition) is 3. The molecule has 0 unspecified atom stereocenters. The summed E-state index contributed by atoms with van der Waals surface area (Å²) in [7, 11) is 1.71. The standard InChI is InChI=1S/C13H17ClN2O2/c1-8-3-4-9(14)5-10(8)13(18)16(2)11-6-15-7-12(11)17/h3-5,11-12,15,17H,6-7H2,1-2H3/t11-,12-/m0/s1. The lowest BCUT2D eigenvalue weighted by Crippen LogP contribution is -2.44. The van der Waals surface area contributed by atoms with E-state index in [0.29, 0.717) is 23.7 Å². The minimum absolute atomic E-state index is 0.109. The average molecular weight is 269 g/mol. The second-order valence-corrected chi connectivity index (χ2v) is 5.10. The number of nitrogens with one attached hydrogen (secondary N) is 1. The van der Waals surface area contributed by atoms with Gasteiger partial charge in [0.25, 0.3) is 5.91 Å². The molecule has 1 aromatic carbocycles. The zero-order valence-corrected chi connectivity index (χ0v) is 11.2. The van der Waals surface area contributed by atoms with Crippen LogP contribution in [0.1, 0.15) is 15.9 Å². The van der Waals surface area contributed by atoms with E-state index in [1.807, 2.05) is 13.0 Å². The molecule has 2 rings (SSSR count). The van der Waals surface area contributed by atoms with E-state index in [0.717, 1.165) is 5.56 Å². The van der Waals surface area contributed by atoms with Gasteiger partial charge in [-0.15, -0.1) is 0 Å². The van der Waals surface area contributed by atoms with Gasteiger partial charge in [-0.2, -0.15) is 0 Å². The molecule has 18 heavy (non-hydrogen) atoms. The molecule has 1 aliphatic heterocycles.